The Kier molecular flexibility index (Phi) is 6.31. The molecule has 4 rings (SSSR count). The van der Waals surface area contributed by atoms with E-state index in [1.54, 1.807) is 18.0 Å². The van der Waals surface area contributed by atoms with E-state index in [9.17, 15) is 14.7 Å². The van der Waals surface area contributed by atoms with Crippen molar-refractivity contribution in [2.45, 2.75) is 45.4 Å². The molecule has 0 aliphatic carbocycles. The van der Waals surface area contributed by atoms with Crippen LogP contribution in [0.15, 0.2) is 42.6 Å². The number of likely N-dealkylation sites (tertiary alicyclic amines) is 1. The fourth-order valence-electron chi connectivity index (χ4n) is 4.71. The Balaban J connectivity index is 1.77. The van der Waals surface area contributed by atoms with Gasteiger partial charge in [-0.2, -0.15) is 0 Å². The van der Waals surface area contributed by atoms with Crippen LogP contribution < -0.4 is 10.1 Å². The number of aromatic nitrogens is 3. The van der Waals surface area contributed by atoms with Crippen LogP contribution in [-0.4, -0.2) is 69.7 Å². The summed E-state index contributed by atoms with van der Waals surface area (Å²) < 4.78 is 7.17. The number of nitrogens with zero attached hydrogens (tertiary/aromatic N) is 4. The van der Waals surface area contributed by atoms with Gasteiger partial charge in [-0.15, -0.1) is 5.10 Å². The lowest BCUT2D eigenvalue weighted by Gasteiger charge is -2.34. The Hall–Kier alpha value is -3.46. The van der Waals surface area contributed by atoms with E-state index < -0.39 is 23.6 Å². The lowest BCUT2D eigenvalue weighted by molar-refractivity contribution is -0.144. The van der Waals surface area contributed by atoms with E-state index in [1.807, 2.05) is 57.2 Å². The summed E-state index contributed by atoms with van der Waals surface area (Å²) in [6.45, 7) is 5.92. The lowest BCUT2D eigenvalue weighted by Crippen LogP contribution is -2.49. The molecule has 180 valence electrons. The first-order chi connectivity index (χ1) is 16.2. The molecule has 9 heteroatoms. The van der Waals surface area contributed by atoms with Gasteiger partial charge in [0.05, 0.1) is 25.0 Å². The maximum atomic E-state index is 13.8. The number of β-amino-alcohol motifs (C(OH)–C–C–N with tert-alkyl or cyclic N) is 1. The number of rotatable bonds is 5. The maximum Gasteiger partial charge on any atom is 0.248 e. The van der Waals surface area contributed by atoms with Crippen molar-refractivity contribution >= 4 is 22.6 Å². The van der Waals surface area contributed by atoms with Gasteiger partial charge in [-0.1, -0.05) is 56.3 Å². The van der Waals surface area contributed by atoms with Crippen LogP contribution in [-0.2, 0) is 9.59 Å². The topological polar surface area (TPSA) is 110 Å². The van der Waals surface area contributed by atoms with Crippen LogP contribution in [0.5, 0.6) is 5.75 Å². The number of carbonyl (C=O) groups excluding carboxylic acids is 2. The zero-order chi connectivity index (χ0) is 24.6. The SMILES string of the molecule is CNC(=O)C1CC(O)CN1C(=O)[C@@H](n1cc(-c2c(OC)ccc3ccccc23)nn1)C(C)(C)C. The second kappa shape index (κ2) is 9.06. The van der Waals surface area contributed by atoms with E-state index in [0.29, 0.717) is 11.4 Å². The summed E-state index contributed by atoms with van der Waals surface area (Å²) in [5, 5.41) is 23.6. The van der Waals surface area contributed by atoms with Crippen molar-refractivity contribution < 1.29 is 19.4 Å². The highest BCUT2D eigenvalue weighted by Gasteiger charge is 2.45. The number of benzene rings is 2. The number of carbonyl (C=O) groups is 2. The average Bonchev–Trinajstić information content (AvgIpc) is 3.43. The van der Waals surface area contributed by atoms with Gasteiger partial charge in [-0.05, 0) is 22.3 Å². The van der Waals surface area contributed by atoms with Gasteiger partial charge in [-0.25, -0.2) is 4.68 Å². The number of fused-ring (bicyclic) bond motifs is 1. The van der Waals surface area contributed by atoms with Crippen LogP contribution >= 0.6 is 0 Å². The molecule has 2 heterocycles. The van der Waals surface area contributed by atoms with Gasteiger partial charge in [0.1, 0.15) is 23.5 Å². The van der Waals surface area contributed by atoms with Crippen molar-refractivity contribution in [2.75, 3.05) is 20.7 Å². The number of amides is 2. The van der Waals surface area contributed by atoms with Crippen molar-refractivity contribution in [2.24, 2.45) is 5.41 Å². The molecule has 0 bridgehead atoms. The summed E-state index contributed by atoms with van der Waals surface area (Å²) in [6, 6.07) is 10.4. The van der Waals surface area contributed by atoms with Gasteiger partial charge in [-0.3, -0.25) is 9.59 Å². The maximum absolute atomic E-state index is 13.8. The van der Waals surface area contributed by atoms with E-state index >= 15 is 0 Å². The van der Waals surface area contributed by atoms with E-state index in [4.69, 9.17) is 4.74 Å². The molecule has 2 amide bonds. The molecule has 9 nitrogen and oxygen atoms in total. The molecule has 0 spiro atoms. The summed E-state index contributed by atoms with van der Waals surface area (Å²) in [5.41, 5.74) is 0.845. The Bertz CT molecular complexity index is 1220. The van der Waals surface area contributed by atoms with Gasteiger partial charge >= 0.3 is 0 Å². The van der Waals surface area contributed by atoms with Crippen LogP contribution in [0.2, 0.25) is 0 Å². The van der Waals surface area contributed by atoms with Gasteiger partial charge < -0.3 is 20.1 Å². The minimum absolute atomic E-state index is 0.0994. The quantitative estimate of drug-likeness (QED) is 0.599. The molecule has 1 aliphatic heterocycles. The third kappa shape index (κ3) is 4.23. The summed E-state index contributed by atoms with van der Waals surface area (Å²) >= 11 is 0. The predicted octanol–water partition coefficient (Wildman–Crippen LogP) is 2.40. The number of hydrogen-bond donors (Lipinski definition) is 2. The minimum Gasteiger partial charge on any atom is -0.496 e. The van der Waals surface area contributed by atoms with E-state index in [2.05, 4.69) is 15.6 Å². The number of likely N-dealkylation sites (N-methyl/N-ethyl adjacent to an activating group) is 1. The van der Waals surface area contributed by atoms with Crippen LogP contribution in [0, 0.1) is 5.41 Å². The monoisotopic (exact) mass is 465 g/mol. The highest BCUT2D eigenvalue weighted by atomic mass is 16.5. The zero-order valence-corrected chi connectivity index (χ0v) is 20.1. The van der Waals surface area contributed by atoms with Crippen molar-refractivity contribution in [1.82, 2.24) is 25.2 Å². The fraction of sp³-hybridized carbons (Fsp3) is 0.440. The first-order valence-corrected chi connectivity index (χ1v) is 11.3. The lowest BCUT2D eigenvalue weighted by atomic mass is 9.85. The molecule has 1 saturated heterocycles. The fourth-order valence-corrected chi connectivity index (χ4v) is 4.71. The number of methoxy groups -OCH3 is 1. The molecule has 34 heavy (non-hydrogen) atoms. The first-order valence-electron chi connectivity index (χ1n) is 11.3. The molecule has 3 atom stereocenters. The smallest absolute Gasteiger partial charge is 0.248 e. The summed E-state index contributed by atoms with van der Waals surface area (Å²) in [5.74, 6) is 0.0862. The van der Waals surface area contributed by atoms with Crippen LogP contribution in [0.3, 0.4) is 0 Å². The molecule has 1 aromatic heterocycles. The second-order valence-corrected chi connectivity index (χ2v) is 9.73. The molecule has 0 saturated carbocycles. The van der Waals surface area contributed by atoms with Crippen LogP contribution in [0.4, 0.5) is 0 Å². The van der Waals surface area contributed by atoms with Crippen molar-refractivity contribution in [3.05, 3.63) is 42.6 Å². The van der Waals surface area contributed by atoms with Gasteiger partial charge in [0.2, 0.25) is 11.8 Å². The third-order valence-corrected chi connectivity index (χ3v) is 6.31. The highest BCUT2D eigenvalue weighted by Crippen LogP contribution is 2.38. The second-order valence-electron chi connectivity index (χ2n) is 9.73. The Morgan fingerprint density at radius 3 is 2.62 bits per heavy atom. The average molecular weight is 466 g/mol. The van der Waals surface area contributed by atoms with Crippen LogP contribution in [0.1, 0.15) is 33.2 Å². The Morgan fingerprint density at radius 2 is 1.94 bits per heavy atom. The standard InChI is InChI=1S/C25H31N5O4/c1-25(2,3)22(24(33)29-13-16(31)12-19(29)23(32)26-4)30-14-18(27-28-30)21-17-9-7-6-8-15(17)10-11-20(21)34-5/h6-11,14,16,19,22,31H,12-13H2,1-5H3,(H,26,32)/t16?,19?,22-/m1/s1. The number of ether oxygens (including phenoxy) is 1. The molecule has 0 radical (unpaired) electrons. The normalized spacial score (nSPS) is 19.3. The summed E-state index contributed by atoms with van der Waals surface area (Å²) in [7, 11) is 3.13. The molecule has 2 N–H and O–H groups in total. The number of aliphatic hydroxyl groups excluding tert-OH is 1. The third-order valence-electron chi connectivity index (χ3n) is 6.31. The highest BCUT2D eigenvalue weighted by molar-refractivity contribution is 5.99. The van der Waals surface area contributed by atoms with Gasteiger partial charge in [0, 0.05) is 20.0 Å². The molecule has 1 fully saturated rings. The largest absolute Gasteiger partial charge is 0.496 e. The van der Waals surface area contributed by atoms with E-state index in [-0.39, 0.29) is 24.8 Å². The number of aliphatic hydroxyl groups is 1. The van der Waals surface area contributed by atoms with Gasteiger partial charge in [0.15, 0.2) is 0 Å². The summed E-state index contributed by atoms with van der Waals surface area (Å²) in [4.78, 5) is 27.6. The van der Waals surface area contributed by atoms with E-state index in [0.717, 1.165) is 16.3 Å². The number of hydrogen-bond acceptors (Lipinski definition) is 6. The predicted molar refractivity (Wildman–Crippen MR) is 128 cm³/mol. The van der Waals surface area contributed by atoms with Gasteiger partial charge in [0.25, 0.3) is 0 Å². The van der Waals surface area contributed by atoms with Crippen molar-refractivity contribution in [1.29, 1.82) is 0 Å². The molecular weight excluding hydrogens is 434 g/mol. The molecule has 3 aromatic rings. The van der Waals surface area contributed by atoms with Crippen LogP contribution in [0.25, 0.3) is 22.0 Å². The van der Waals surface area contributed by atoms with Crippen molar-refractivity contribution in [3.8, 4) is 17.0 Å². The Morgan fingerprint density at radius 1 is 1.21 bits per heavy atom. The molecular formula is C25H31N5O4. The minimum atomic E-state index is -0.752. The molecule has 2 aromatic carbocycles. The first kappa shape index (κ1) is 23.7. The van der Waals surface area contributed by atoms with Crippen molar-refractivity contribution in [3.63, 3.8) is 0 Å². The molecule has 1 aliphatic rings. The molecule has 2 unspecified atom stereocenters. The Labute approximate surface area is 198 Å². The zero-order valence-electron chi connectivity index (χ0n) is 20.1. The summed E-state index contributed by atoms with van der Waals surface area (Å²) in [6.07, 6.45) is 1.20. The van der Waals surface area contributed by atoms with E-state index in [1.165, 1.54) is 11.9 Å². The number of nitrogens with one attached hydrogen (secondary N) is 1.